The minimum Gasteiger partial charge on any atom is -0.465 e. The second-order valence-electron chi connectivity index (χ2n) is 5.38. The smallest absolute Gasteiger partial charge is 0.341 e. The predicted molar refractivity (Wildman–Crippen MR) is 97.5 cm³/mol. The summed E-state index contributed by atoms with van der Waals surface area (Å²) in [7, 11) is 1.24. The van der Waals surface area contributed by atoms with Crippen LogP contribution in [0.15, 0.2) is 41.6 Å². The fraction of sp³-hybridized carbons (Fsp3) is 0.222. The molecule has 0 aliphatic rings. The van der Waals surface area contributed by atoms with E-state index in [2.05, 4.69) is 15.0 Å². The standard InChI is InChI=1S/C18H16F2N2O5S/c1-10-5-6-11(16(24)26-2)8-13(10)22-14(23)9-27-17(25)12-4-3-7-21-15(12)28-18(19)20/h3-8,18H,9H2,1-2H3,(H,22,23). The van der Waals surface area contributed by atoms with Crippen molar-refractivity contribution in [2.24, 2.45) is 0 Å². The van der Waals surface area contributed by atoms with Crippen LogP contribution in [-0.2, 0) is 14.3 Å². The van der Waals surface area contributed by atoms with Gasteiger partial charge in [0, 0.05) is 11.9 Å². The summed E-state index contributed by atoms with van der Waals surface area (Å²) in [6.07, 6.45) is 1.27. The number of ether oxygens (including phenoxy) is 2. The first kappa shape index (κ1) is 21.3. The minimum absolute atomic E-state index is 0.109. The Morgan fingerprint density at radius 2 is 1.96 bits per heavy atom. The van der Waals surface area contributed by atoms with Crippen molar-refractivity contribution < 1.29 is 32.6 Å². The van der Waals surface area contributed by atoms with Gasteiger partial charge in [-0.15, -0.1) is 0 Å². The number of nitrogens with zero attached hydrogens (tertiary/aromatic N) is 1. The van der Waals surface area contributed by atoms with Gasteiger partial charge in [0.05, 0.1) is 18.2 Å². The predicted octanol–water partition coefficient (Wildman–Crippen LogP) is 3.29. The van der Waals surface area contributed by atoms with Crippen LogP contribution in [0, 0.1) is 6.92 Å². The number of aromatic nitrogens is 1. The van der Waals surface area contributed by atoms with Crippen LogP contribution in [0.2, 0.25) is 0 Å². The van der Waals surface area contributed by atoms with E-state index in [1.807, 2.05) is 0 Å². The first-order valence-corrected chi connectivity index (χ1v) is 8.75. The summed E-state index contributed by atoms with van der Waals surface area (Å²) < 4.78 is 34.6. The van der Waals surface area contributed by atoms with Gasteiger partial charge < -0.3 is 14.8 Å². The van der Waals surface area contributed by atoms with Gasteiger partial charge in [0.1, 0.15) is 5.03 Å². The van der Waals surface area contributed by atoms with E-state index < -0.39 is 30.2 Å². The van der Waals surface area contributed by atoms with E-state index in [1.165, 1.54) is 31.5 Å². The highest BCUT2D eigenvalue weighted by Gasteiger charge is 2.19. The van der Waals surface area contributed by atoms with Gasteiger partial charge >= 0.3 is 11.9 Å². The molecule has 28 heavy (non-hydrogen) atoms. The summed E-state index contributed by atoms with van der Waals surface area (Å²) in [4.78, 5) is 39.5. The number of carbonyl (C=O) groups is 3. The number of rotatable bonds is 7. The molecule has 1 aromatic carbocycles. The summed E-state index contributed by atoms with van der Waals surface area (Å²) in [5.74, 6) is -4.94. The monoisotopic (exact) mass is 410 g/mol. The highest BCUT2D eigenvalue weighted by Crippen LogP contribution is 2.26. The molecule has 0 spiro atoms. The zero-order valence-electron chi connectivity index (χ0n) is 14.9. The zero-order chi connectivity index (χ0) is 20.7. The van der Waals surface area contributed by atoms with Crippen LogP contribution in [0.25, 0.3) is 0 Å². The van der Waals surface area contributed by atoms with E-state index in [0.717, 1.165) is 0 Å². The maximum Gasteiger partial charge on any atom is 0.341 e. The van der Waals surface area contributed by atoms with Crippen molar-refractivity contribution in [3.8, 4) is 0 Å². The number of benzene rings is 1. The SMILES string of the molecule is COC(=O)c1ccc(C)c(NC(=O)COC(=O)c2cccnc2SC(F)F)c1. The van der Waals surface area contributed by atoms with E-state index in [9.17, 15) is 23.2 Å². The number of esters is 2. The highest BCUT2D eigenvalue weighted by atomic mass is 32.2. The van der Waals surface area contributed by atoms with Crippen LogP contribution < -0.4 is 5.32 Å². The molecule has 1 amide bonds. The molecule has 0 saturated carbocycles. The molecule has 0 unspecified atom stereocenters. The maximum atomic E-state index is 12.5. The van der Waals surface area contributed by atoms with Gasteiger partial charge in [0.15, 0.2) is 6.61 Å². The van der Waals surface area contributed by atoms with Crippen LogP contribution in [-0.4, -0.2) is 42.3 Å². The van der Waals surface area contributed by atoms with Crippen molar-refractivity contribution in [2.75, 3.05) is 19.0 Å². The lowest BCUT2D eigenvalue weighted by atomic mass is 10.1. The fourth-order valence-electron chi connectivity index (χ4n) is 2.12. The zero-order valence-corrected chi connectivity index (χ0v) is 15.7. The Morgan fingerprint density at radius 3 is 2.64 bits per heavy atom. The number of aryl methyl sites for hydroxylation is 1. The van der Waals surface area contributed by atoms with Gasteiger partial charge in [-0.1, -0.05) is 6.07 Å². The average Bonchev–Trinajstić information content (AvgIpc) is 2.67. The van der Waals surface area contributed by atoms with Crippen molar-refractivity contribution in [2.45, 2.75) is 17.7 Å². The topological polar surface area (TPSA) is 94.6 Å². The van der Waals surface area contributed by atoms with E-state index in [-0.39, 0.29) is 27.9 Å². The van der Waals surface area contributed by atoms with Gasteiger partial charge in [0.25, 0.3) is 11.7 Å². The third kappa shape index (κ3) is 5.74. The normalized spacial score (nSPS) is 10.5. The number of thioether (sulfide) groups is 1. The Labute approximate surface area is 163 Å². The van der Waals surface area contributed by atoms with Gasteiger partial charge in [-0.2, -0.15) is 8.78 Å². The lowest BCUT2D eigenvalue weighted by Gasteiger charge is -2.11. The molecule has 0 aliphatic carbocycles. The molecule has 10 heteroatoms. The molecule has 0 atom stereocenters. The molecule has 7 nitrogen and oxygen atoms in total. The molecule has 0 bridgehead atoms. The molecule has 1 heterocycles. The molecule has 2 rings (SSSR count). The molecule has 148 valence electrons. The number of hydrogen-bond acceptors (Lipinski definition) is 7. The second-order valence-corrected chi connectivity index (χ2v) is 6.36. The summed E-state index contributed by atoms with van der Waals surface area (Å²) in [5, 5.41) is 2.33. The van der Waals surface area contributed by atoms with Crippen LogP contribution in [0.3, 0.4) is 0 Å². The largest absolute Gasteiger partial charge is 0.465 e. The number of hydrogen-bond donors (Lipinski definition) is 1. The first-order chi connectivity index (χ1) is 13.3. The van der Waals surface area contributed by atoms with Gasteiger partial charge in [0.2, 0.25) is 0 Å². The van der Waals surface area contributed by atoms with Crippen molar-refractivity contribution in [1.29, 1.82) is 0 Å². The number of alkyl halides is 2. The Bertz CT molecular complexity index is 892. The Balaban J connectivity index is 2.02. The average molecular weight is 410 g/mol. The number of carbonyl (C=O) groups excluding carboxylic acids is 3. The second kappa shape index (κ2) is 9.79. The molecule has 0 fully saturated rings. The van der Waals surface area contributed by atoms with E-state index in [4.69, 9.17) is 4.74 Å². The molecule has 1 N–H and O–H groups in total. The van der Waals surface area contributed by atoms with Gasteiger partial charge in [-0.25, -0.2) is 14.6 Å². The van der Waals surface area contributed by atoms with Crippen molar-refractivity contribution >= 4 is 35.3 Å². The van der Waals surface area contributed by atoms with Crippen LogP contribution in [0.1, 0.15) is 26.3 Å². The fourth-order valence-corrected chi connectivity index (χ4v) is 2.69. The third-order valence-corrected chi connectivity index (χ3v) is 4.19. The number of anilines is 1. The first-order valence-electron chi connectivity index (χ1n) is 7.87. The van der Waals surface area contributed by atoms with Crippen LogP contribution in [0.5, 0.6) is 0 Å². The van der Waals surface area contributed by atoms with E-state index in [0.29, 0.717) is 11.3 Å². The lowest BCUT2D eigenvalue weighted by molar-refractivity contribution is -0.119. The number of amides is 1. The van der Waals surface area contributed by atoms with Crippen molar-refractivity contribution in [1.82, 2.24) is 4.98 Å². The minimum atomic E-state index is -2.75. The van der Waals surface area contributed by atoms with Crippen LogP contribution >= 0.6 is 11.8 Å². The number of methoxy groups -OCH3 is 1. The third-order valence-electron chi connectivity index (χ3n) is 3.46. The van der Waals surface area contributed by atoms with E-state index in [1.54, 1.807) is 19.1 Å². The highest BCUT2D eigenvalue weighted by molar-refractivity contribution is 7.99. The molecule has 1 aromatic heterocycles. The van der Waals surface area contributed by atoms with Crippen molar-refractivity contribution in [3.05, 3.63) is 53.2 Å². The van der Waals surface area contributed by atoms with Gasteiger partial charge in [-0.05, 0) is 48.5 Å². The molecule has 0 saturated heterocycles. The molecular formula is C18H16F2N2O5S. The quantitative estimate of drug-likeness (QED) is 0.553. The summed E-state index contributed by atoms with van der Waals surface area (Å²) in [6, 6.07) is 7.27. The number of halogens is 2. The molecular weight excluding hydrogens is 394 g/mol. The molecule has 2 aromatic rings. The molecule has 0 aliphatic heterocycles. The molecule has 0 radical (unpaired) electrons. The summed E-state index contributed by atoms with van der Waals surface area (Å²) in [5.41, 5.74) is 1.10. The summed E-state index contributed by atoms with van der Waals surface area (Å²) >= 11 is 0.109. The Morgan fingerprint density at radius 1 is 1.21 bits per heavy atom. The summed E-state index contributed by atoms with van der Waals surface area (Å²) in [6.45, 7) is 1.07. The lowest BCUT2D eigenvalue weighted by Crippen LogP contribution is -2.22. The Kier molecular flexibility index (Phi) is 7.44. The van der Waals surface area contributed by atoms with Crippen LogP contribution in [0.4, 0.5) is 14.5 Å². The maximum absolute atomic E-state index is 12.5. The van der Waals surface area contributed by atoms with Gasteiger partial charge in [-0.3, -0.25) is 4.79 Å². The van der Waals surface area contributed by atoms with Crippen molar-refractivity contribution in [3.63, 3.8) is 0 Å². The number of pyridine rings is 1. The number of nitrogens with one attached hydrogen (secondary N) is 1. The van der Waals surface area contributed by atoms with E-state index >= 15 is 0 Å². The Hall–Kier alpha value is -3.01.